The number of carbonyl (C=O) groups excluding carboxylic acids is 1. The van der Waals surface area contributed by atoms with Gasteiger partial charge in [-0.1, -0.05) is 6.92 Å². The van der Waals surface area contributed by atoms with Crippen LogP contribution in [0.25, 0.3) is 0 Å². The van der Waals surface area contributed by atoms with Crippen LogP contribution in [0.4, 0.5) is 0 Å². The van der Waals surface area contributed by atoms with Crippen LogP contribution in [0.2, 0.25) is 0 Å². The number of rotatable bonds is 5. The van der Waals surface area contributed by atoms with Crippen LogP contribution in [0.3, 0.4) is 0 Å². The quantitative estimate of drug-likeness (QED) is 0.789. The zero-order chi connectivity index (χ0) is 13.5. The Balaban J connectivity index is 1.53. The van der Waals surface area contributed by atoms with Gasteiger partial charge in [-0.25, -0.2) is 0 Å². The van der Waals surface area contributed by atoms with E-state index in [-0.39, 0.29) is 5.91 Å². The average Bonchev–Trinajstić information content (AvgIpc) is 2.42. The van der Waals surface area contributed by atoms with E-state index in [9.17, 15) is 4.79 Å². The van der Waals surface area contributed by atoms with Crippen molar-refractivity contribution in [1.29, 1.82) is 0 Å². The molecule has 2 aliphatic heterocycles. The van der Waals surface area contributed by atoms with Gasteiger partial charge in [-0.2, -0.15) is 11.8 Å². The fraction of sp³-hybridized carbons (Fsp3) is 0.929. The molecule has 0 aromatic heterocycles. The predicted molar refractivity (Wildman–Crippen MR) is 81.6 cm³/mol. The van der Waals surface area contributed by atoms with Gasteiger partial charge < -0.3 is 15.5 Å². The molecule has 2 fully saturated rings. The molecule has 2 rings (SSSR count). The van der Waals surface area contributed by atoms with Gasteiger partial charge in [0.25, 0.3) is 0 Å². The molecular weight excluding hydrogens is 258 g/mol. The highest BCUT2D eigenvalue weighted by Crippen LogP contribution is 2.15. The first-order valence-electron chi connectivity index (χ1n) is 7.54. The van der Waals surface area contributed by atoms with Gasteiger partial charge in [0, 0.05) is 43.6 Å². The third kappa shape index (κ3) is 5.71. The molecule has 1 amide bonds. The molecular formula is C14H27N3OS. The van der Waals surface area contributed by atoms with Crippen molar-refractivity contribution in [1.82, 2.24) is 15.5 Å². The Hall–Kier alpha value is -0.260. The Labute approximate surface area is 121 Å². The Morgan fingerprint density at radius 1 is 1.42 bits per heavy atom. The van der Waals surface area contributed by atoms with E-state index in [4.69, 9.17) is 0 Å². The van der Waals surface area contributed by atoms with Crippen LogP contribution >= 0.6 is 11.8 Å². The van der Waals surface area contributed by atoms with Crippen molar-refractivity contribution < 1.29 is 4.79 Å². The number of likely N-dealkylation sites (tertiary alicyclic amines) is 1. The first-order chi connectivity index (χ1) is 9.24. The molecule has 5 heteroatoms. The van der Waals surface area contributed by atoms with Crippen molar-refractivity contribution in [2.45, 2.75) is 32.2 Å². The van der Waals surface area contributed by atoms with Gasteiger partial charge in [0.2, 0.25) is 5.91 Å². The maximum atomic E-state index is 11.8. The minimum Gasteiger partial charge on any atom is -0.355 e. The van der Waals surface area contributed by atoms with Gasteiger partial charge in [0.1, 0.15) is 0 Å². The fourth-order valence-electron chi connectivity index (χ4n) is 2.69. The second kappa shape index (κ2) is 8.12. The van der Waals surface area contributed by atoms with Crippen molar-refractivity contribution in [3.8, 4) is 0 Å². The summed E-state index contributed by atoms with van der Waals surface area (Å²) in [6.07, 6.45) is 3.23. The van der Waals surface area contributed by atoms with Crippen LogP contribution < -0.4 is 10.6 Å². The van der Waals surface area contributed by atoms with E-state index in [1.54, 1.807) is 0 Å². The summed E-state index contributed by atoms with van der Waals surface area (Å²) in [6.45, 7) is 7.55. The van der Waals surface area contributed by atoms with Crippen molar-refractivity contribution in [2.75, 3.05) is 44.2 Å². The van der Waals surface area contributed by atoms with Gasteiger partial charge in [-0.3, -0.25) is 4.79 Å². The number of piperidine rings is 1. The van der Waals surface area contributed by atoms with Crippen LogP contribution in [-0.2, 0) is 4.79 Å². The van der Waals surface area contributed by atoms with Crippen LogP contribution in [0.15, 0.2) is 0 Å². The smallest absolute Gasteiger partial charge is 0.221 e. The van der Waals surface area contributed by atoms with Crippen molar-refractivity contribution in [3.63, 3.8) is 0 Å². The molecule has 0 radical (unpaired) electrons. The van der Waals surface area contributed by atoms with Crippen molar-refractivity contribution >= 4 is 17.7 Å². The highest BCUT2D eigenvalue weighted by molar-refractivity contribution is 7.99. The first kappa shape index (κ1) is 15.1. The SMILES string of the molecule is CC1CCN(CCNC(=O)CC2CSCCN2)CC1. The maximum absolute atomic E-state index is 11.8. The largest absolute Gasteiger partial charge is 0.355 e. The summed E-state index contributed by atoms with van der Waals surface area (Å²) in [4.78, 5) is 14.3. The predicted octanol–water partition coefficient (Wildman–Crippen LogP) is 0.930. The number of thioether (sulfide) groups is 1. The second-order valence-corrected chi connectivity index (χ2v) is 6.95. The van der Waals surface area contributed by atoms with E-state index in [0.29, 0.717) is 12.5 Å². The van der Waals surface area contributed by atoms with Gasteiger partial charge in [-0.15, -0.1) is 0 Å². The first-order valence-corrected chi connectivity index (χ1v) is 8.69. The van der Waals surface area contributed by atoms with E-state index < -0.39 is 0 Å². The number of hydrogen-bond acceptors (Lipinski definition) is 4. The van der Waals surface area contributed by atoms with Gasteiger partial charge >= 0.3 is 0 Å². The number of nitrogens with one attached hydrogen (secondary N) is 2. The highest BCUT2D eigenvalue weighted by Gasteiger charge is 2.17. The minimum absolute atomic E-state index is 0.199. The van der Waals surface area contributed by atoms with E-state index in [2.05, 4.69) is 22.5 Å². The van der Waals surface area contributed by atoms with Crippen LogP contribution in [0, 0.1) is 5.92 Å². The molecule has 2 heterocycles. The topological polar surface area (TPSA) is 44.4 Å². The standard InChI is InChI=1S/C14H27N3OS/c1-12-2-6-17(7-3-12)8-4-16-14(18)10-13-11-19-9-5-15-13/h12-13,15H,2-11H2,1H3,(H,16,18). The van der Waals surface area contributed by atoms with Crippen LogP contribution in [0.5, 0.6) is 0 Å². The molecule has 0 aromatic rings. The molecule has 2 N–H and O–H groups in total. The van der Waals surface area contributed by atoms with E-state index in [1.165, 1.54) is 31.7 Å². The molecule has 19 heavy (non-hydrogen) atoms. The van der Waals surface area contributed by atoms with Gasteiger partial charge in [-0.05, 0) is 31.8 Å². The van der Waals surface area contributed by atoms with Crippen LogP contribution in [-0.4, -0.2) is 61.1 Å². The number of amides is 1. The average molecular weight is 285 g/mol. The molecule has 0 aliphatic carbocycles. The number of hydrogen-bond donors (Lipinski definition) is 2. The number of carbonyl (C=O) groups is 1. The van der Waals surface area contributed by atoms with E-state index >= 15 is 0 Å². The summed E-state index contributed by atoms with van der Waals surface area (Å²) in [5, 5.41) is 6.46. The molecule has 0 spiro atoms. The Kier molecular flexibility index (Phi) is 6.47. The molecule has 1 atom stereocenters. The van der Waals surface area contributed by atoms with Gasteiger partial charge in [0.05, 0.1) is 0 Å². The Bertz CT molecular complexity index is 274. The Morgan fingerprint density at radius 3 is 2.89 bits per heavy atom. The van der Waals surface area contributed by atoms with Crippen LogP contribution in [0.1, 0.15) is 26.2 Å². The van der Waals surface area contributed by atoms with E-state index in [1.807, 2.05) is 11.8 Å². The molecule has 0 saturated carbocycles. The molecule has 4 nitrogen and oxygen atoms in total. The third-order valence-electron chi connectivity index (χ3n) is 4.06. The lowest BCUT2D eigenvalue weighted by Crippen LogP contribution is -2.43. The minimum atomic E-state index is 0.199. The summed E-state index contributed by atoms with van der Waals surface area (Å²) in [6, 6.07) is 0.370. The molecule has 1 unspecified atom stereocenters. The molecule has 2 saturated heterocycles. The van der Waals surface area contributed by atoms with Gasteiger partial charge in [0.15, 0.2) is 0 Å². The summed E-state index contributed by atoms with van der Waals surface area (Å²) in [7, 11) is 0. The lowest BCUT2D eigenvalue weighted by molar-refractivity contribution is -0.121. The monoisotopic (exact) mass is 285 g/mol. The highest BCUT2D eigenvalue weighted by atomic mass is 32.2. The fourth-order valence-corrected chi connectivity index (χ4v) is 3.63. The Morgan fingerprint density at radius 2 is 2.21 bits per heavy atom. The lowest BCUT2D eigenvalue weighted by Gasteiger charge is -2.30. The summed E-state index contributed by atoms with van der Waals surface area (Å²) >= 11 is 1.94. The second-order valence-electron chi connectivity index (χ2n) is 5.80. The van der Waals surface area contributed by atoms with Crippen molar-refractivity contribution in [3.05, 3.63) is 0 Å². The molecule has 2 aliphatic rings. The molecule has 0 bridgehead atoms. The number of nitrogens with zero attached hydrogens (tertiary/aromatic N) is 1. The molecule has 0 aromatic carbocycles. The third-order valence-corrected chi connectivity index (χ3v) is 5.19. The van der Waals surface area contributed by atoms with E-state index in [0.717, 1.165) is 31.3 Å². The summed E-state index contributed by atoms with van der Waals surface area (Å²) < 4.78 is 0. The zero-order valence-electron chi connectivity index (χ0n) is 12.0. The maximum Gasteiger partial charge on any atom is 0.221 e. The zero-order valence-corrected chi connectivity index (χ0v) is 12.8. The van der Waals surface area contributed by atoms with Crippen molar-refractivity contribution in [2.24, 2.45) is 5.92 Å². The molecule has 110 valence electrons. The summed E-state index contributed by atoms with van der Waals surface area (Å²) in [5.41, 5.74) is 0. The lowest BCUT2D eigenvalue weighted by atomic mass is 9.99. The summed E-state index contributed by atoms with van der Waals surface area (Å²) in [5.74, 6) is 3.31. The normalized spacial score (nSPS) is 26.3.